The topological polar surface area (TPSA) is 35.2 Å². The van der Waals surface area contributed by atoms with E-state index in [0.29, 0.717) is 18.2 Å². The Bertz CT molecular complexity index is 515. The van der Waals surface area contributed by atoms with Gasteiger partial charge in [-0.15, -0.1) is 11.3 Å². The second kappa shape index (κ2) is 5.87. The number of hydrogen-bond acceptors (Lipinski definition) is 3. The lowest BCUT2D eigenvalue weighted by atomic mass is 10.2. The first-order valence-corrected chi connectivity index (χ1v) is 7.03. The van der Waals surface area contributed by atoms with Crippen molar-refractivity contribution in [1.29, 1.82) is 0 Å². The van der Waals surface area contributed by atoms with Crippen LogP contribution >= 0.6 is 38.9 Å². The van der Waals surface area contributed by atoms with Crippen LogP contribution in [0, 0.1) is 0 Å². The number of benzene rings is 1. The van der Waals surface area contributed by atoms with E-state index in [2.05, 4.69) is 15.9 Å². The smallest absolute Gasteiger partial charge is 0.124 e. The minimum Gasteiger partial charge on any atom is -0.488 e. The van der Waals surface area contributed by atoms with Gasteiger partial charge in [-0.05, 0) is 46.3 Å². The van der Waals surface area contributed by atoms with Crippen molar-refractivity contribution in [2.45, 2.75) is 13.2 Å². The fourth-order valence-corrected chi connectivity index (χ4v) is 3.02. The van der Waals surface area contributed by atoms with Crippen LogP contribution in [0.2, 0.25) is 5.02 Å². The Morgan fingerprint density at radius 1 is 1.29 bits per heavy atom. The highest BCUT2D eigenvalue weighted by Crippen LogP contribution is 2.26. The van der Waals surface area contributed by atoms with Crippen LogP contribution < -0.4 is 10.5 Å². The number of nitrogens with two attached hydrogens (primary N) is 1. The van der Waals surface area contributed by atoms with Gasteiger partial charge in [0.15, 0.2) is 0 Å². The fraction of sp³-hybridized carbons (Fsp3) is 0.167. The normalized spacial score (nSPS) is 10.5. The van der Waals surface area contributed by atoms with E-state index in [4.69, 9.17) is 22.1 Å². The number of rotatable bonds is 4. The van der Waals surface area contributed by atoms with Crippen LogP contribution in [0.5, 0.6) is 5.75 Å². The van der Waals surface area contributed by atoms with Crippen LogP contribution in [-0.4, -0.2) is 0 Å². The maximum Gasteiger partial charge on any atom is 0.124 e. The van der Waals surface area contributed by atoms with Crippen LogP contribution in [0.15, 0.2) is 34.1 Å². The summed E-state index contributed by atoms with van der Waals surface area (Å²) in [4.78, 5) is 1.16. The molecule has 17 heavy (non-hydrogen) atoms. The van der Waals surface area contributed by atoms with E-state index >= 15 is 0 Å². The minimum atomic E-state index is 0.421. The minimum absolute atomic E-state index is 0.421. The molecule has 0 bridgehead atoms. The van der Waals surface area contributed by atoms with Gasteiger partial charge in [0.2, 0.25) is 0 Å². The third kappa shape index (κ3) is 3.45. The van der Waals surface area contributed by atoms with Gasteiger partial charge in [0.1, 0.15) is 12.4 Å². The molecule has 0 aliphatic heterocycles. The van der Waals surface area contributed by atoms with Gasteiger partial charge in [0.25, 0.3) is 0 Å². The molecule has 0 spiro atoms. The van der Waals surface area contributed by atoms with E-state index in [0.717, 1.165) is 20.0 Å². The summed E-state index contributed by atoms with van der Waals surface area (Å²) in [7, 11) is 0. The van der Waals surface area contributed by atoms with Crippen molar-refractivity contribution in [1.82, 2.24) is 0 Å². The molecule has 0 radical (unpaired) electrons. The lowest BCUT2D eigenvalue weighted by molar-refractivity contribution is 0.306. The zero-order chi connectivity index (χ0) is 12.3. The third-order valence-corrected chi connectivity index (χ3v) is 4.07. The quantitative estimate of drug-likeness (QED) is 0.910. The Morgan fingerprint density at radius 2 is 2.12 bits per heavy atom. The zero-order valence-corrected chi connectivity index (χ0v) is 12.1. The summed E-state index contributed by atoms with van der Waals surface area (Å²) < 4.78 is 6.84. The van der Waals surface area contributed by atoms with Crippen LogP contribution in [-0.2, 0) is 13.2 Å². The van der Waals surface area contributed by atoms with Gasteiger partial charge in [-0.3, -0.25) is 0 Å². The van der Waals surface area contributed by atoms with Gasteiger partial charge in [-0.25, -0.2) is 0 Å². The molecule has 0 aliphatic carbocycles. The molecule has 2 N–H and O–H groups in total. The van der Waals surface area contributed by atoms with Crippen molar-refractivity contribution in [3.63, 3.8) is 0 Å². The molecule has 5 heteroatoms. The van der Waals surface area contributed by atoms with E-state index < -0.39 is 0 Å². The molecule has 0 fully saturated rings. The first-order valence-electron chi connectivity index (χ1n) is 5.04. The Morgan fingerprint density at radius 3 is 2.76 bits per heavy atom. The van der Waals surface area contributed by atoms with E-state index in [1.165, 1.54) is 0 Å². The second-order valence-electron chi connectivity index (χ2n) is 3.45. The molecule has 2 rings (SSSR count). The molecule has 2 aromatic rings. The summed E-state index contributed by atoms with van der Waals surface area (Å²) in [5.74, 6) is 0.793. The summed E-state index contributed by atoms with van der Waals surface area (Å²) in [5, 5.41) is 0.677. The molecule has 0 unspecified atom stereocenters. The van der Waals surface area contributed by atoms with Crippen molar-refractivity contribution in [2.24, 2.45) is 5.73 Å². The van der Waals surface area contributed by atoms with Gasteiger partial charge >= 0.3 is 0 Å². The van der Waals surface area contributed by atoms with Crippen molar-refractivity contribution in [2.75, 3.05) is 0 Å². The third-order valence-electron chi connectivity index (χ3n) is 2.24. The van der Waals surface area contributed by atoms with Gasteiger partial charge in [0, 0.05) is 22.0 Å². The summed E-state index contributed by atoms with van der Waals surface area (Å²) in [6.07, 6.45) is 0. The summed E-state index contributed by atoms with van der Waals surface area (Å²) in [6.45, 7) is 0.967. The fourth-order valence-electron chi connectivity index (χ4n) is 1.43. The summed E-state index contributed by atoms with van der Waals surface area (Å²) in [6, 6.07) is 9.54. The van der Waals surface area contributed by atoms with Gasteiger partial charge in [0.05, 0.1) is 3.79 Å². The number of halogens is 2. The Balaban J connectivity index is 2.08. The van der Waals surface area contributed by atoms with Crippen molar-refractivity contribution in [3.05, 3.63) is 49.6 Å². The summed E-state index contributed by atoms with van der Waals surface area (Å²) >= 11 is 11.0. The highest BCUT2D eigenvalue weighted by Gasteiger charge is 2.04. The average molecular weight is 333 g/mol. The van der Waals surface area contributed by atoms with Crippen LogP contribution in [0.1, 0.15) is 10.4 Å². The van der Waals surface area contributed by atoms with Gasteiger partial charge in [-0.2, -0.15) is 0 Å². The molecule has 0 saturated heterocycles. The van der Waals surface area contributed by atoms with Crippen LogP contribution in [0.4, 0.5) is 0 Å². The second-order valence-corrected chi connectivity index (χ2v) is 6.43. The van der Waals surface area contributed by atoms with E-state index in [1.54, 1.807) is 17.4 Å². The molecule has 1 aromatic heterocycles. The Kier molecular flexibility index (Phi) is 4.45. The van der Waals surface area contributed by atoms with Gasteiger partial charge in [-0.1, -0.05) is 11.6 Å². The lowest BCUT2D eigenvalue weighted by Gasteiger charge is -2.09. The SMILES string of the molecule is NCc1cc(Cl)ccc1OCc1ccc(Br)s1. The monoisotopic (exact) mass is 331 g/mol. The van der Waals surface area contributed by atoms with Crippen LogP contribution in [0.25, 0.3) is 0 Å². The Labute approximate surface area is 117 Å². The molecular weight excluding hydrogens is 322 g/mol. The first kappa shape index (κ1) is 12.9. The molecule has 1 heterocycles. The highest BCUT2D eigenvalue weighted by atomic mass is 79.9. The zero-order valence-electron chi connectivity index (χ0n) is 8.95. The predicted molar refractivity (Wildman–Crippen MR) is 75.7 cm³/mol. The van der Waals surface area contributed by atoms with Crippen molar-refractivity contribution in [3.8, 4) is 5.75 Å². The highest BCUT2D eigenvalue weighted by molar-refractivity contribution is 9.11. The van der Waals surface area contributed by atoms with Crippen molar-refractivity contribution < 1.29 is 4.74 Å². The molecule has 0 aliphatic rings. The number of hydrogen-bond donors (Lipinski definition) is 1. The Hall–Kier alpha value is -0.550. The maximum atomic E-state index is 5.90. The first-order chi connectivity index (χ1) is 8.19. The lowest BCUT2D eigenvalue weighted by Crippen LogP contribution is -2.02. The van der Waals surface area contributed by atoms with Crippen molar-refractivity contribution >= 4 is 38.9 Å². The van der Waals surface area contributed by atoms with E-state index in [1.807, 2.05) is 24.3 Å². The molecule has 2 nitrogen and oxygen atoms in total. The largest absolute Gasteiger partial charge is 0.488 e. The summed E-state index contributed by atoms with van der Waals surface area (Å²) in [5.41, 5.74) is 6.57. The maximum absolute atomic E-state index is 5.90. The predicted octanol–water partition coefficient (Wildman–Crippen LogP) is 4.20. The molecule has 90 valence electrons. The molecule has 0 amide bonds. The number of ether oxygens (including phenoxy) is 1. The van der Waals surface area contributed by atoms with Crippen LogP contribution in [0.3, 0.4) is 0 Å². The molecule has 0 atom stereocenters. The number of thiophene rings is 1. The average Bonchev–Trinajstić information content (AvgIpc) is 2.73. The standard InChI is InChI=1S/C12H11BrClNOS/c13-12-4-2-10(17-12)7-16-11-3-1-9(14)5-8(11)6-15/h1-5H,6-7,15H2. The van der Waals surface area contributed by atoms with E-state index in [9.17, 15) is 0 Å². The van der Waals surface area contributed by atoms with Gasteiger partial charge < -0.3 is 10.5 Å². The molecule has 0 saturated carbocycles. The molecule has 1 aromatic carbocycles. The van der Waals surface area contributed by atoms with E-state index in [-0.39, 0.29) is 0 Å². The molecular formula is C12H11BrClNOS.